The molecule has 1 aromatic heterocycles. The van der Waals surface area contributed by atoms with Crippen LogP contribution in [0.4, 0.5) is 5.69 Å². The first kappa shape index (κ1) is 15.6. The predicted octanol–water partition coefficient (Wildman–Crippen LogP) is 3.04. The Hall–Kier alpha value is -2.76. The van der Waals surface area contributed by atoms with Crippen molar-refractivity contribution in [3.63, 3.8) is 0 Å². The van der Waals surface area contributed by atoms with E-state index in [1.165, 1.54) is 25.5 Å². The van der Waals surface area contributed by atoms with Crippen molar-refractivity contribution in [1.82, 2.24) is 4.98 Å². The zero-order valence-corrected chi connectivity index (χ0v) is 12.8. The predicted molar refractivity (Wildman–Crippen MR) is 83.0 cm³/mol. The molecule has 2 rings (SSSR count). The lowest BCUT2D eigenvalue weighted by atomic mass is 10.2. The van der Waals surface area contributed by atoms with E-state index in [-0.39, 0.29) is 17.5 Å². The summed E-state index contributed by atoms with van der Waals surface area (Å²) in [6.45, 7) is 11.2. The van der Waals surface area contributed by atoms with Gasteiger partial charge < -0.3 is 19.5 Å². The van der Waals surface area contributed by atoms with Crippen molar-refractivity contribution in [2.24, 2.45) is 0 Å². The normalized spacial score (nSPS) is 12.9. The lowest BCUT2D eigenvalue weighted by molar-refractivity contribution is 0.0601. The number of hydrogen-bond donors (Lipinski definition) is 1. The molecule has 116 valence electrons. The number of hydrogen-bond acceptors (Lipinski definition) is 6. The highest BCUT2D eigenvalue weighted by Gasteiger charge is 2.28. The third-order valence-corrected chi connectivity index (χ3v) is 2.87. The van der Waals surface area contributed by atoms with E-state index in [4.69, 9.17) is 14.2 Å². The number of anilines is 1. The number of carbonyl (C=O) groups excluding carboxylic acids is 1. The average molecular weight is 302 g/mol. The molecule has 22 heavy (non-hydrogen) atoms. The molecule has 0 saturated heterocycles. The zero-order chi connectivity index (χ0) is 16.3. The molecule has 0 spiro atoms. The van der Waals surface area contributed by atoms with Gasteiger partial charge in [0.1, 0.15) is 5.56 Å². The minimum atomic E-state index is -0.513. The summed E-state index contributed by atoms with van der Waals surface area (Å²) in [4.78, 5) is 16.0. The van der Waals surface area contributed by atoms with Crippen LogP contribution in [0.5, 0.6) is 11.6 Å². The molecule has 0 aromatic carbocycles. The van der Waals surface area contributed by atoms with Crippen LogP contribution in [0.1, 0.15) is 24.2 Å². The van der Waals surface area contributed by atoms with Crippen LogP contribution in [-0.2, 0) is 4.74 Å². The smallest absolute Gasteiger partial charge is 0.341 e. The van der Waals surface area contributed by atoms with E-state index < -0.39 is 5.97 Å². The molecule has 6 heteroatoms. The Balaban J connectivity index is 2.59. The molecule has 0 unspecified atom stereocenters. The molecule has 0 amide bonds. The Kier molecular flexibility index (Phi) is 4.50. The molecule has 0 atom stereocenters. The maximum Gasteiger partial charge on any atom is 0.341 e. The summed E-state index contributed by atoms with van der Waals surface area (Å²) in [5.74, 6) is 0.864. The fourth-order valence-corrected chi connectivity index (χ4v) is 1.94. The number of allylic oxidation sites excluding steroid dienone is 2. The number of aromatic nitrogens is 1. The van der Waals surface area contributed by atoms with E-state index in [1.807, 2.05) is 13.8 Å². The number of methoxy groups -OCH3 is 1. The molecule has 1 aromatic rings. The topological polar surface area (TPSA) is 69.7 Å². The highest BCUT2D eigenvalue weighted by atomic mass is 16.6. The maximum atomic E-state index is 11.9. The average Bonchev–Trinajstić information content (AvgIpc) is 2.52. The van der Waals surface area contributed by atoms with Crippen molar-refractivity contribution < 1.29 is 19.0 Å². The Bertz CT molecular complexity index is 662. The summed E-state index contributed by atoms with van der Waals surface area (Å²) in [6.07, 6.45) is 4.40. The number of carbonyl (C=O) groups is 1. The number of rotatable bonds is 5. The molecular weight excluding hydrogens is 284 g/mol. The van der Waals surface area contributed by atoms with Crippen molar-refractivity contribution in [2.75, 3.05) is 12.4 Å². The largest absolute Gasteiger partial charge is 0.465 e. The number of ether oxygens (including phenoxy) is 3. The lowest BCUT2D eigenvalue weighted by Crippen LogP contribution is -2.19. The van der Waals surface area contributed by atoms with Crippen LogP contribution in [0.25, 0.3) is 0 Å². The van der Waals surface area contributed by atoms with Gasteiger partial charge >= 0.3 is 5.97 Å². The number of nitrogens with zero attached hydrogens (tertiary/aromatic N) is 1. The molecule has 0 aliphatic carbocycles. The molecule has 1 N–H and O–H groups in total. The van der Waals surface area contributed by atoms with Crippen LogP contribution in [0, 0.1) is 0 Å². The van der Waals surface area contributed by atoms with Gasteiger partial charge in [-0.25, -0.2) is 9.78 Å². The second-order valence-corrected chi connectivity index (χ2v) is 4.81. The van der Waals surface area contributed by atoms with Gasteiger partial charge in [-0.2, -0.15) is 0 Å². The Labute approximate surface area is 129 Å². The number of pyridine rings is 1. The van der Waals surface area contributed by atoms with Crippen LogP contribution in [0.15, 0.2) is 43.0 Å². The van der Waals surface area contributed by atoms with Crippen LogP contribution in [-0.4, -0.2) is 24.1 Å². The molecule has 1 aliphatic rings. The fraction of sp³-hybridized carbons (Fsp3) is 0.250. The molecule has 1 aliphatic heterocycles. The highest BCUT2D eigenvalue weighted by Crippen LogP contribution is 2.42. The van der Waals surface area contributed by atoms with Gasteiger partial charge in [0, 0.05) is 12.2 Å². The molecule has 0 radical (unpaired) electrons. The summed E-state index contributed by atoms with van der Waals surface area (Å²) in [7, 11) is 1.31. The van der Waals surface area contributed by atoms with Gasteiger partial charge in [0.25, 0.3) is 5.88 Å². The minimum Gasteiger partial charge on any atom is -0.465 e. The third kappa shape index (κ3) is 2.81. The molecule has 6 nitrogen and oxygen atoms in total. The first-order chi connectivity index (χ1) is 10.5. The zero-order valence-electron chi connectivity index (χ0n) is 12.8. The van der Waals surface area contributed by atoms with Crippen LogP contribution in [0.2, 0.25) is 0 Å². The number of esters is 1. The second-order valence-electron chi connectivity index (χ2n) is 4.81. The van der Waals surface area contributed by atoms with Crippen LogP contribution >= 0.6 is 0 Å². The Morgan fingerprint density at radius 1 is 1.32 bits per heavy atom. The summed E-state index contributed by atoms with van der Waals surface area (Å²) in [5, 5.41) is 3.17. The van der Waals surface area contributed by atoms with Gasteiger partial charge in [0.2, 0.25) is 5.75 Å². The molecule has 0 bridgehead atoms. The van der Waals surface area contributed by atoms with Gasteiger partial charge in [0.15, 0.2) is 11.5 Å². The van der Waals surface area contributed by atoms with E-state index >= 15 is 0 Å². The second kappa shape index (κ2) is 6.34. The number of fused-ring (bicyclic) bond motifs is 1. The van der Waals surface area contributed by atoms with E-state index in [9.17, 15) is 4.79 Å². The van der Waals surface area contributed by atoms with E-state index in [0.717, 1.165) is 0 Å². The lowest BCUT2D eigenvalue weighted by Gasteiger charge is -2.24. The monoisotopic (exact) mass is 302 g/mol. The summed E-state index contributed by atoms with van der Waals surface area (Å²) >= 11 is 0. The number of nitrogens with one attached hydrogen (secondary N) is 1. The third-order valence-electron chi connectivity index (χ3n) is 2.87. The molecule has 0 fully saturated rings. The van der Waals surface area contributed by atoms with Crippen molar-refractivity contribution >= 4 is 11.7 Å². The molecule has 0 saturated carbocycles. The van der Waals surface area contributed by atoms with E-state index in [1.54, 1.807) is 0 Å². The Morgan fingerprint density at radius 2 is 1.95 bits per heavy atom. The first-order valence-electron chi connectivity index (χ1n) is 6.74. The minimum absolute atomic E-state index is 0.0652. The van der Waals surface area contributed by atoms with Crippen molar-refractivity contribution in [3.05, 3.63) is 48.6 Å². The fourth-order valence-electron chi connectivity index (χ4n) is 1.94. The Morgan fingerprint density at radius 3 is 2.50 bits per heavy atom. The van der Waals surface area contributed by atoms with Gasteiger partial charge in [0.05, 0.1) is 12.8 Å². The van der Waals surface area contributed by atoms with Crippen molar-refractivity contribution in [1.29, 1.82) is 0 Å². The van der Waals surface area contributed by atoms with E-state index in [0.29, 0.717) is 23.0 Å². The van der Waals surface area contributed by atoms with E-state index in [2.05, 4.69) is 23.5 Å². The quantitative estimate of drug-likeness (QED) is 0.843. The van der Waals surface area contributed by atoms with Crippen LogP contribution < -0.4 is 14.8 Å². The SMILES string of the molecule is C=CC1=C(C=C)Oc2c(ncc(C(=O)OC)c2NC(C)C)O1. The highest BCUT2D eigenvalue weighted by molar-refractivity contribution is 5.97. The summed E-state index contributed by atoms with van der Waals surface area (Å²) < 4.78 is 16.2. The standard InChI is InChI=1S/C16H18N2O4/c1-6-11-12(7-2)22-15-14(21-11)13(18-9(3)4)10(8-17-15)16(19)20-5/h6-9H,1-2H2,3-5H3,(H,17,18). The summed E-state index contributed by atoms with van der Waals surface area (Å²) in [6, 6.07) is 0.0652. The van der Waals surface area contributed by atoms with Gasteiger partial charge in [-0.05, 0) is 26.0 Å². The van der Waals surface area contributed by atoms with Gasteiger partial charge in [-0.1, -0.05) is 13.2 Å². The molecule has 2 heterocycles. The van der Waals surface area contributed by atoms with Crippen molar-refractivity contribution in [3.8, 4) is 11.6 Å². The van der Waals surface area contributed by atoms with Crippen molar-refractivity contribution in [2.45, 2.75) is 19.9 Å². The van der Waals surface area contributed by atoms with Crippen LogP contribution in [0.3, 0.4) is 0 Å². The molecular formula is C16H18N2O4. The van der Waals surface area contributed by atoms with Gasteiger partial charge in [-0.3, -0.25) is 0 Å². The maximum absolute atomic E-state index is 11.9. The van der Waals surface area contributed by atoms with Gasteiger partial charge in [-0.15, -0.1) is 0 Å². The summed E-state index contributed by atoms with van der Waals surface area (Å²) in [5.41, 5.74) is 0.735. The first-order valence-corrected chi connectivity index (χ1v) is 6.74.